The molecular formula is C25H22N2O4S. The minimum absolute atomic E-state index is 0.0967. The van der Waals surface area contributed by atoms with E-state index in [0.29, 0.717) is 10.7 Å². The van der Waals surface area contributed by atoms with Gasteiger partial charge in [0.25, 0.3) is 0 Å². The molecule has 0 radical (unpaired) electrons. The zero-order chi connectivity index (χ0) is 22.7. The summed E-state index contributed by atoms with van der Waals surface area (Å²) >= 11 is 1.37. The Morgan fingerprint density at radius 1 is 1.03 bits per heavy atom. The van der Waals surface area contributed by atoms with Crippen LogP contribution in [-0.4, -0.2) is 22.0 Å². The van der Waals surface area contributed by atoms with Crippen LogP contribution in [0.4, 0.5) is 5.13 Å². The number of nitrogens with one attached hydrogen (secondary N) is 1. The Balaban J connectivity index is 1.72. The topological polar surface area (TPSA) is 92.4 Å². The maximum Gasteiger partial charge on any atom is 0.372 e. The van der Waals surface area contributed by atoms with Gasteiger partial charge in [-0.05, 0) is 22.8 Å². The van der Waals surface area contributed by atoms with Crippen LogP contribution >= 0.6 is 11.3 Å². The Morgan fingerprint density at radius 2 is 1.72 bits per heavy atom. The molecule has 0 aliphatic rings. The molecule has 0 saturated carbocycles. The summed E-state index contributed by atoms with van der Waals surface area (Å²) in [5.41, 5.74) is 2.41. The van der Waals surface area contributed by atoms with Gasteiger partial charge in [-0.3, -0.25) is 4.79 Å². The van der Waals surface area contributed by atoms with Crippen LogP contribution in [0.1, 0.15) is 41.4 Å². The average molecular weight is 447 g/mol. The van der Waals surface area contributed by atoms with Crippen molar-refractivity contribution in [3.63, 3.8) is 0 Å². The van der Waals surface area contributed by atoms with E-state index in [2.05, 4.69) is 10.3 Å². The van der Waals surface area contributed by atoms with Gasteiger partial charge in [0.2, 0.25) is 11.7 Å². The van der Waals surface area contributed by atoms with Crippen LogP contribution in [0.25, 0.3) is 11.1 Å². The Morgan fingerprint density at radius 3 is 2.34 bits per heavy atom. The summed E-state index contributed by atoms with van der Waals surface area (Å²) in [4.78, 5) is 28.8. The number of hydrogen-bond acceptors (Lipinski definition) is 5. The van der Waals surface area contributed by atoms with E-state index in [1.54, 1.807) is 12.3 Å². The second-order valence-electron chi connectivity index (χ2n) is 7.95. The van der Waals surface area contributed by atoms with Crippen LogP contribution in [0.3, 0.4) is 0 Å². The molecule has 0 spiro atoms. The van der Waals surface area contributed by atoms with Crippen molar-refractivity contribution in [2.75, 3.05) is 5.32 Å². The number of hydrogen-bond donors (Lipinski definition) is 2. The van der Waals surface area contributed by atoms with Gasteiger partial charge in [-0.2, -0.15) is 0 Å². The molecule has 162 valence electrons. The van der Waals surface area contributed by atoms with Crippen LogP contribution in [0.5, 0.6) is 0 Å². The number of furan rings is 1. The molecular weight excluding hydrogens is 424 g/mol. The molecule has 32 heavy (non-hydrogen) atoms. The normalized spacial score (nSPS) is 12.3. The van der Waals surface area contributed by atoms with Gasteiger partial charge in [0.15, 0.2) is 5.13 Å². The fourth-order valence-electron chi connectivity index (χ4n) is 3.90. The summed E-state index contributed by atoms with van der Waals surface area (Å²) in [5, 5.41) is 14.6. The molecule has 2 aromatic heterocycles. The predicted octanol–water partition coefficient (Wildman–Crippen LogP) is 5.90. The first kappa shape index (κ1) is 21.5. The first-order valence-corrected chi connectivity index (χ1v) is 10.9. The van der Waals surface area contributed by atoms with Gasteiger partial charge in [-0.15, -0.1) is 11.3 Å². The molecule has 0 aliphatic heterocycles. The van der Waals surface area contributed by atoms with Crippen molar-refractivity contribution in [3.05, 3.63) is 95.4 Å². The van der Waals surface area contributed by atoms with Gasteiger partial charge in [0.05, 0.1) is 11.7 Å². The lowest BCUT2D eigenvalue weighted by molar-refractivity contribution is -0.124. The average Bonchev–Trinajstić information content (AvgIpc) is 3.47. The molecule has 0 aliphatic carbocycles. The molecule has 2 N–H and O–H groups in total. The van der Waals surface area contributed by atoms with Gasteiger partial charge in [0, 0.05) is 23.1 Å². The molecule has 1 amide bonds. The Bertz CT molecular complexity index is 1210. The van der Waals surface area contributed by atoms with Crippen molar-refractivity contribution in [3.8, 4) is 11.1 Å². The van der Waals surface area contributed by atoms with E-state index < -0.39 is 11.4 Å². The smallest absolute Gasteiger partial charge is 0.372 e. The van der Waals surface area contributed by atoms with Gasteiger partial charge in [0.1, 0.15) is 0 Å². The van der Waals surface area contributed by atoms with Crippen LogP contribution in [0.15, 0.2) is 82.9 Å². The quantitative estimate of drug-likeness (QED) is 0.369. The van der Waals surface area contributed by atoms with Crippen molar-refractivity contribution in [1.29, 1.82) is 0 Å². The highest BCUT2D eigenvalue weighted by Gasteiger charge is 2.39. The number of carboxylic acids is 1. The number of amides is 1. The molecule has 0 bridgehead atoms. The highest BCUT2D eigenvalue weighted by molar-refractivity contribution is 7.13. The summed E-state index contributed by atoms with van der Waals surface area (Å²) < 4.78 is 5.11. The molecule has 2 heterocycles. The molecule has 6 nitrogen and oxygen atoms in total. The van der Waals surface area contributed by atoms with E-state index in [1.165, 1.54) is 17.6 Å². The number of carbonyl (C=O) groups excluding carboxylic acids is 1. The maximum atomic E-state index is 13.3. The molecule has 0 fully saturated rings. The van der Waals surface area contributed by atoms with Crippen LogP contribution < -0.4 is 5.32 Å². The van der Waals surface area contributed by atoms with E-state index in [4.69, 9.17) is 4.42 Å². The fraction of sp³-hybridized carbons (Fsp3) is 0.160. The van der Waals surface area contributed by atoms with Crippen molar-refractivity contribution in [1.82, 2.24) is 4.98 Å². The number of thiazole rings is 1. The number of carbonyl (C=O) groups is 2. The van der Waals surface area contributed by atoms with Crippen molar-refractivity contribution in [2.24, 2.45) is 5.41 Å². The summed E-state index contributed by atoms with van der Waals surface area (Å²) in [5.74, 6) is -1.58. The molecule has 4 aromatic rings. The second kappa shape index (κ2) is 8.80. The number of benzene rings is 2. The lowest BCUT2D eigenvalue weighted by atomic mass is 9.70. The van der Waals surface area contributed by atoms with E-state index in [1.807, 2.05) is 73.8 Å². The van der Waals surface area contributed by atoms with Crippen LogP contribution in [-0.2, 0) is 4.79 Å². The highest BCUT2D eigenvalue weighted by atomic mass is 32.1. The third-order valence-electron chi connectivity index (χ3n) is 5.51. The number of nitrogens with zero attached hydrogens (tertiary/aromatic N) is 1. The van der Waals surface area contributed by atoms with Gasteiger partial charge >= 0.3 is 5.97 Å². The standard InChI is InChI=1S/C25H22N2O4S/c1-25(2,23(30)27-24-26-13-15-32-24)20(17-6-4-3-5-7-17)18-10-8-16(9-11-18)19-12-14-31-21(19)22(28)29/h3-15,20H,1-2H3,(H,28,29)(H,26,27,30)/t20-/m1/s1. The number of aromatic carboxylic acids is 1. The molecule has 4 rings (SSSR count). The van der Waals surface area contributed by atoms with E-state index in [0.717, 1.165) is 16.7 Å². The van der Waals surface area contributed by atoms with Crippen molar-refractivity contribution >= 4 is 28.3 Å². The maximum absolute atomic E-state index is 13.3. The molecule has 2 aromatic carbocycles. The summed E-state index contributed by atoms with van der Waals surface area (Å²) in [6.07, 6.45) is 3.02. The summed E-state index contributed by atoms with van der Waals surface area (Å²) in [6.45, 7) is 3.83. The number of anilines is 1. The second-order valence-corrected chi connectivity index (χ2v) is 8.84. The van der Waals surface area contributed by atoms with Crippen LogP contribution in [0, 0.1) is 5.41 Å². The predicted molar refractivity (Wildman–Crippen MR) is 124 cm³/mol. The van der Waals surface area contributed by atoms with Gasteiger partial charge < -0.3 is 14.8 Å². The molecule has 1 atom stereocenters. The Labute approximate surface area is 189 Å². The SMILES string of the molecule is CC(C)(C(=O)Nc1nccs1)[C@H](c1ccccc1)c1ccc(-c2ccoc2C(=O)O)cc1. The van der Waals surface area contributed by atoms with Gasteiger partial charge in [-0.25, -0.2) is 9.78 Å². The van der Waals surface area contributed by atoms with Crippen LogP contribution in [0.2, 0.25) is 0 Å². The summed E-state index contributed by atoms with van der Waals surface area (Å²) in [7, 11) is 0. The lowest BCUT2D eigenvalue weighted by Gasteiger charge is -2.34. The lowest BCUT2D eigenvalue weighted by Crippen LogP contribution is -2.37. The monoisotopic (exact) mass is 446 g/mol. The third-order valence-corrected chi connectivity index (χ3v) is 6.20. The third kappa shape index (κ3) is 4.20. The molecule has 7 heteroatoms. The van der Waals surface area contributed by atoms with Crippen molar-refractivity contribution < 1.29 is 19.1 Å². The minimum atomic E-state index is -1.11. The number of aromatic nitrogens is 1. The van der Waals surface area contributed by atoms with E-state index in [-0.39, 0.29) is 17.6 Å². The summed E-state index contributed by atoms with van der Waals surface area (Å²) in [6, 6.07) is 19.1. The largest absolute Gasteiger partial charge is 0.475 e. The Hall–Kier alpha value is -3.71. The first-order valence-electron chi connectivity index (χ1n) is 10.0. The molecule has 0 saturated heterocycles. The number of rotatable bonds is 7. The zero-order valence-electron chi connectivity index (χ0n) is 17.6. The molecule has 0 unspecified atom stereocenters. The first-order chi connectivity index (χ1) is 15.4. The number of carboxylic acid groups (broad SMARTS) is 1. The van der Waals surface area contributed by atoms with E-state index in [9.17, 15) is 14.7 Å². The van der Waals surface area contributed by atoms with Gasteiger partial charge in [-0.1, -0.05) is 68.4 Å². The van der Waals surface area contributed by atoms with Crippen molar-refractivity contribution in [2.45, 2.75) is 19.8 Å². The zero-order valence-corrected chi connectivity index (χ0v) is 18.4. The Kier molecular flexibility index (Phi) is 5.92. The highest BCUT2D eigenvalue weighted by Crippen LogP contribution is 2.42. The van der Waals surface area contributed by atoms with E-state index >= 15 is 0 Å². The minimum Gasteiger partial charge on any atom is -0.475 e. The fourth-order valence-corrected chi connectivity index (χ4v) is 4.43.